The summed E-state index contributed by atoms with van der Waals surface area (Å²) in [6.45, 7) is 14.8. The lowest BCUT2D eigenvalue weighted by Gasteiger charge is -2.22. The van der Waals surface area contributed by atoms with Gasteiger partial charge in [-0.15, -0.1) is 6.58 Å². The maximum absolute atomic E-state index is 12.6. The molecule has 8 nitrogen and oxygen atoms in total. The highest BCUT2D eigenvalue weighted by Gasteiger charge is 2.24. The quantitative estimate of drug-likeness (QED) is 0.284. The molecule has 0 saturated heterocycles. The van der Waals surface area contributed by atoms with Crippen molar-refractivity contribution in [2.45, 2.75) is 97.8 Å². The van der Waals surface area contributed by atoms with Crippen LogP contribution in [0.1, 0.15) is 80.1 Å². The molecular formula is C23H41N3O5. The molecule has 178 valence electrons. The lowest BCUT2D eigenvalue weighted by atomic mass is 10.0. The second-order valence-electron chi connectivity index (χ2n) is 9.11. The van der Waals surface area contributed by atoms with Crippen molar-refractivity contribution < 1.29 is 23.9 Å². The third-order valence-electron chi connectivity index (χ3n) is 4.25. The van der Waals surface area contributed by atoms with Gasteiger partial charge in [-0.05, 0) is 46.0 Å². The summed E-state index contributed by atoms with van der Waals surface area (Å²) in [5.41, 5.74) is -0.630. The minimum absolute atomic E-state index is 0.0253. The SMILES string of the molecule is C=C[C@H](CC(C)C)NC(=O)CNC(=O)[C@H](CCC(=O)OC(C)(C)C)NC(=O)CCCC. The molecule has 0 aliphatic carbocycles. The zero-order valence-electron chi connectivity index (χ0n) is 20.0. The van der Waals surface area contributed by atoms with E-state index in [9.17, 15) is 19.2 Å². The second kappa shape index (κ2) is 14.6. The Morgan fingerprint density at radius 3 is 2.19 bits per heavy atom. The molecule has 0 bridgehead atoms. The molecule has 0 aliphatic heterocycles. The van der Waals surface area contributed by atoms with Gasteiger partial charge in [0.2, 0.25) is 17.7 Å². The Bertz CT molecular complexity index is 611. The Kier molecular flexibility index (Phi) is 13.5. The van der Waals surface area contributed by atoms with Crippen molar-refractivity contribution in [3.05, 3.63) is 12.7 Å². The Balaban J connectivity index is 4.86. The summed E-state index contributed by atoms with van der Waals surface area (Å²) in [6, 6.07) is -1.10. The summed E-state index contributed by atoms with van der Waals surface area (Å²) in [6.07, 6.45) is 4.32. The number of ether oxygens (including phenoxy) is 1. The monoisotopic (exact) mass is 439 g/mol. The Morgan fingerprint density at radius 1 is 1.03 bits per heavy atom. The van der Waals surface area contributed by atoms with Gasteiger partial charge in [-0.25, -0.2) is 0 Å². The fourth-order valence-corrected chi connectivity index (χ4v) is 2.80. The average Bonchev–Trinajstić information content (AvgIpc) is 2.65. The molecule has 2 atom stereocenters. The molecule has 0 aromatic carbocycles. The first-order chi connectivity index (χ1) is 14.4. The van der Waals surface area contributed by atoms with Gasteiger partial charge in [0.15, 0.2) is 0 Å². The zero-order valence-corrected chi connectivity index (χ0v) is 20.0. The summed E-state index contributed by atoms with van der Waals surface area (Å²) in [5, 5.41) is 8.02. The first-order valence-electron chi connectivity index (χ1n) is 11.1. The molecule has 3 amide bonds. The van der Waals surface area contributed by atoms with Crippen molar-refractivity contribution in [3.8, 4) is 0 Å². The third kappa shape index (κ3) is 15.1. The van der Waals surface area contributed by atoms with Gasteiger partial charge in [0.1, 0.15) is 11.6 Å². The van der Waals surface area contributed by atoms with Crippen LogP contribution in [-0.4, -0.2) is 47.9 Å². The molecule has 31 heavy (non-hydrogen) atoms. The Morgan fingerprint density at radius 2 is 1.68 bits per heavy atom. The van der Waals surface area contributed by atoms with Crippen molar-refractivity contribution in [3.63, 3.8) is 0 Å². The van der Waals surface area contributed by atoms with Crippen LogP contribution >= 0.6 is 0 Å². The normalized spacial score (nSPS) is 13.1. The van der Waals surface area contributed by atoms with Gasteiger partial charge in [0, 0.05) is 18.9 Å². The molecule has 0 rings (SSSR count). The molecule has 0 heterocycles. The molecule has 0 aromatic heterocycles. The number of amides is 3. The maximum atomic E-state index is 12.6. The maximum Gasteiger partial charge on any atom is 0.306 e. The largest absolute Gasteiger partial charge is 0.460 e. The van der Waals surface area contributed by atoms with E-state index in [1.807, 2.05) is 20.8 Å². The van der Waals surface area contributed by atoms with E-state index in [2.05, 4.69) is 22.5 Å². The summed E-state index contributed by atoms with van der Waals surface area (Å²) >= 11 is 0. The zero-order chi connectivity index (χ0) is 24.0. The molecule has 0 saturated carbocycles. The minimum Gasteiger partial charge on any atom is -0.460 e. The predicted molar refractivity (Wildman–Crippen MR) is 121 cm³/mol. The van der Waals surface area contributed by atoms with E-state index in [-0.39, 0.29) is 37.2 Å². The van der Waals surface area contributed by atoms with Crippen molar-refractivity contribution in [2.75, 3.05) is 6.54 Å². The van der Waals surface area contributed by atoms with Gasteiger partial charge in [-0.1, -0.05) is 33.3 Å². The van der Waals surface area contributed by atoms with Gasteiger partial charge < -0.3 is 20.7 Å². The third-order valence-corrected chi connectivity index (χ3v) is 4.25. The highest BCUT2D eigenvalue weighted by molar-refractivity contribution is 5.90. The van der Waals surface area contributed by atoms with Crippen molar-refractivity contribution in [1.29, 1.82) is 0 Å². The van der Waals surface area contributed by atoms with Gasteiger partial charge >= 0.3 is 5.97 Å². The topological polar surface area (TPSA) is 114 Å². The average molecular weight is 440 g/mol. The van der Waals surface area contributed by atoms with Gasteiger partial charge in [0.05, 0.1) is 6.54 Å². The van der Waals surface area contributed by atoms with E-state index in [1.165, 1.54) is 0 Å². The van der Waals surface area contributed by atoms with E-state index >= 15 is 0 Å². The number of carbonyl (C=O) groups is 4. The summed E-state index contributed by atoms with van der Waals surface area (Å²) < 4.78 is 5.27. The molecular weight excluding hydrogens is 398 g/mol. The first kappa shape index (κ1) is 28.6. The highest BCUT2D eigenvalue weighted by atomic mass is 16.6. The number of carbonyl (C=O) groups excluding carboxylic acids is 4. The number of hydrogen-bond acceptors (Lipinski definition) is 5. The van der Waals surface area contributed by atoms with Crippen LogP contribution in [0.3, 0.4) is 0 Å². The smallest absolute Gasteiger partial charge is 0.306 e. The minimum atomic E-state index is -0.921. The Labute approximate surface area is 186 Å². The summed E-state index contributed by atoms with van der Waals surface area (Å²) in [5.74, 6) is -1.19. The number of rotatable bonds is 14. The fourth-order valence-electron chi connectivity index (χ4n) is 2.80. The van der Waals surface area contributed by atoms with Crippen LogP contribution in [0, 0.1) is 5.92 Å². The van der Waals surface area contributed by atoms with Crippen molar-refractivity contribution in [1.82, 2.24) is 16.0 Å². The molecule has 3 N–H and O–H groups in total. The summed E-state index contributed by atoms with van der Waals surface area (Å²) in [4.78, 5) is 48.9. The molecule has 0 aromatic rings. The number of hydrogen-bond donors (Lipinski definition) is 3. The Hall–Kier alpha value is -2.38. The van der Waals surface area contributed by atoms with Crippen LogP contribution in [0.15, 0.2) is 12.7 Å². The number of nitrogens with one attached hydrogen (secondary N) is 3. The van der Waals surface area contributed by atoms with E-state index in [0.717, 1.165) is 12.8 Å². The van der Waals surface area contributed by atoms with Crippen LogP contribution in [0.25, 0.3) is 0 Å². The standard InChI is InChI=1S/C23H41N3O5/c1-8-10-11-19(27)26-18(12-13-21(29)31-23(5,6)7)22(30)24-15-20(28)25-17(9-2)14-16(3)4/h9,16-18H,2,8,10-15H2,1,3-7H3,(H,24,30)(H,25,28)(H,26,27)/t17-,18+/m1/s1. The molecule has 8 heteroatoms. The van der Waals surface area contributed by atoms with Crippen molar-refractivity contribution >= 4 is 23.7 Å². The van der Waals surface area contributed by atoms with Crippen LogP contribution < -0.4 is 16.0 Å². The van der Waals surface area contributed by atoms with Crippen molar-refractivity contribution in [2.24, 2.45) is 5.92 Å². The number of unbranched alkanes of at least 4 members (excludes halogenated alkanes) is 1. The second-order valence-corrected chi connectivity index (χ2v) is 9.11. The molecule has 0 spiro atoms. The lowest BCUT2D eigenvalue weighted by molar-refractivity contribution is -0.155. The molecule has 0 aliphatic rings. The van der Waals surface area contributed by atoms with E-state index in [1.54, 1.807) is 26.8 Å². The van der Waals surface area contributed by atoms with Crippen LogP contribution in [0.4, 0.5) is 0 Å². The highest BCUT2D eigenvalue weighted by Crippen LogP contribution is 2.10. The molecule has 0 unspecified atom stereocenters. The van der Waals surface area contributed by atoms with Crippen LogP contribution in [0.5, 0.6) is 0 Å². The van der Waals surface area contributed by atoms with E-state index in [4.69, 9.17) is 4.74 Å². The van der Waals surface area contributed by atoms with Crippen LogP contribution in [0.2, 0.25) is 0 Å². The predicted octanol–water partition coefficient (Wildman–Crippen LogP) is 2.62. The first-order valence-corrected chi connectivity index (χ1v) is 11.1. The van der Waals surface area contributed by atoms with Gasteiger partial charge in [0.25, 0.3) is 0 Å². The summed E-state index contributed by atoms with van der Waals surface area (Å²) in [7, 11) is 0. The van der Waals surface area contributed by atoms with Gasteiger partial charge in [-0.3, -0.25) is 19.2 Å². The van der Waals surface area contributed by atoms with E-state index < -0.39 is 23.5 Å². The lowest BCUT2D eigenvalue weighted by Crippen LogP contribution is -2.50. The van der Waals surface area contributed by atoms with E-state index in [0.29, 0.717) is 18.8 Å². The van der Waals surface area contributed by atoms with Gasteiger partial charge in [-0.2, -0.15) is 0 Å². The van der Waals surface area contributed by atoms with Crippen LogP contribution in [-0.2, 0) is 23.9 Å². The number of esters is 1. The fraction of sp³-hybridized carbons (Fsp3) is 0.739. The molecule has 0 fully saturated rings. The molecule has 0 radical (unpaired) electrons.